The van der Waals surface area contributed by atoms with Crippen LogP contribution in [0.15, 0.2) is 30.3 Å². The van der Waals surface area contributed by atoms with Gasteiger partial charge in [0.25, 0.3) is 0 Å². The lowest BCUT2D eigenvalue weighted by molar-refractivity contribution is 0.0574. The first kappa shape index (κ1) is 12.6. The molecular weight excluding hydrogens is 208 g/mol. The van der Waals surface area contributed by atoms with Gasteiger partial charge in [-0.05, 0) is 30.2 Å². The quantitative estimate of drug-likeness (QED) is 0.836. The molecule has 2 rings (SSSR count). The second-order valence-electron chi connectivity index (χ2n) is 5.71. The number of benzene rings is 1. The molecular formula is C16H24O. The van der Waals surface area contributed by atoms with Crippen molar-refractivity contribution in [3.8, 4) is 0 Å². The SMILES string of the molecule is CC1CCC(C(O)C(C)c2ccccc2)CC1. The maximum atomic E-state index is 10.5. The molecule has 17 heavy (non-hydrogen) atoms. The Balaban J connectivity index is 1.98. The minimum absolute atomic E-state index is 0.176. The van der Waals surface area contributed by atoms with Crippen molar-refractivity contribution in [2.45, 2.75) is 51.6 Å². The Bertz CT molecular complexity index is 325. The third kappa shape index (κ3) is 3.10. The topological polar surface area (TPSA) is 20.2 Å². The summed E-state index contributed by atoms with van der Waals surface area (Å²) in [4.78, 5) is 0. The Morgan fingerprint density at radius 1 is 1.06 bits per heavy atom. The van der Waals surface area contributed by atoms with E-state index in [1.807, 2.05) is 6.07 Å². The zero-order valence-electron chi connectivity index (χ0n) is 11.0. The molecule has 0 bridgehead atoms. The summed E-state index contributed by atoms with van der Waals surface area (Å²) in [6.07, 6.45) is 4.77. The first-order valence-electron chi connectivity index (χ1n) is 6.91. The molecule has 0 heterocycles. The maximum Gasteiger partial charge on any atom is 0.0634 e. The maximum absolute atomic E-state index is 10.5. The highest BCUT2D eigenvalue weighted by atomic mass is 16.3. The van der Waals surface area contributed by atoms with Crippen LogP contribution in [0.4, 0.5) is 0 Å². The van der Waals surface area contributed by atoms with Crippen LogP contribution >= 0.6 is 0 Å². The molecule has 1 saturated carbocycles. The van der Waals surface area contributed by atoms with E-state index in [2.05, 4.69) is 38.1 Å². The van der Waals surface area contributed by atoms with Crippen LogP contribution in [0.2, 0.25) is 0 Å². The Morgan fingerprint density at radius 3 is 2.24 bits per heavy atom. The number of hydrogen-bond donors (Lipinski definition) is 1. The normalized spacial score (nSPS) is 28.6. The third-order valence-electron chi connectivity index (χ3n) is 4.38. The molecule has 1 aromatic carbocycles. The Hall–Kier alpha value is -0.820. The van der Waals surface area contributed by atoms with Crippen LogP contribution in [0.3, 0.4) is 0 Å². The predicted octanol–water partition coefficient (Wildman–Crippen LogP) is 3.98. The lowest BCUT2D eigenvalue weighted by atomic mass is 9.76. The highest BCUT2D eigenvalue weighted by Crippen LogP contribution is 2.35. The monoisotopic (exact) mass is 232 g/mol. The van der Waals surface area contributed by atoms with Gasteiger partial charge in [-0.2, -0.15) is 0 Å². The van der Waals surface area contributed by atoms with Gasteiger partial charge in [0, 0.05) is 5.92 Å². The molecule has 94 valence electrons. The van der Waals surface area contributed by atoms with Gasteiger partial charge in [0.2, 0.25) is 0 Å². The first-order valence-corrected chi connectivity index (χ1v) is 6.91. The minimum Gasteiger partial charge on any atom is -0.392 e. The summed E-state index contributed by atoms with van der Waals surface area (Å²) < 4.78 is 0. The van der Waals surface area contributed by atoms with Gasteiger partial charge in [-0.25, -0.2) is 0 Å². The summed E-state index contributed by atoms with van der Waals surface area (Å²) in [7, 11) is 0. The van der Waals surface area contributed by atoms with E-state index in [0.29, 0.717) is 5.92 Å². The van der Waals surface area contributed by atoms with Crippen molar-refractivity contribution < 1.29 is 5.11 Å². The predicted molar refractivity (Wildman–Crippen MR) is 72.0 cm³/mol. The van der Waals surface area contributed by atoms with Crippen LogP contribution in [0.1, 0.15) is 51.0 Å². The van der Waals surface area contributed by atoms with Crippen molar-refractivity contribution in [2.24, 2.45) is 11.8 Å². The number of hydrogen-bond acceptors (Lipinski definition) is 1. The molecule has 0 amide bonds. The van der Waals surface area contributed by atoms with E-state index in [0.717, 1.165) is 5.92 Å². The summed E-state index contributed by atoms with van der Waals surface area (Å²) in [5.41, 5.74) is 1.26. The third-order valence-corrected chi connectivity index (χ3v) is 4.38. The fourth-order valence-electron chi connectivity index (χ4n) is 2.99. The molecule has 0 aliphatic heterocycles. The largest absolute Gasteiger partial charge is 0.392 e. The molecule has 2 unspecified atom stereocenters. The van der Waals surface area contributed by atoms with E-state index in [4.69, 9.17) is 0 Å². The lowest BCUT2D eigenvalue weighted by Gasteiger charge is -2.33. The van der Waals surface area contributed by atoms with Crippen molar-refractivity contribution in [1.29, 1.82) is 0 Å². The molecule has 1 fully saturated rings. The van der Waals surface area contributed by atoms with Crippen molar-refractivity contribution in [1.82, 2.24) is 0 Å². The summed E-state index contributed by atoms with van der Waals surface area (Å²) in [5.74, 6) is 1.61. The van der Waals surface area contributed by atoms with Crippen LogP contribution in [0, 0.1) is 11.8 Å². The van der Waals surface area contributed by atoms with Crippen LogP contribution in [-0.4, -0.2) is 11.2 Å². The number of rotatable bonds is 3. The second kappa shape index (κ2) is 5.68. The van der Waals surface area contributed by atoms with E-state index in [1.165, 1.54) is 31.2 Å². The Morgan fingerprint density at radius 2 is 1.65 bits per heavy atom. The Labute approximate surface area is 105 Å². The average Bonchev–Trinajstić information content (AvgIpc) is 2.39. The number of aliphatic hydroxyl groups excluding tert-OH is 1. The van der Waals surface area contributed by atoms with Gasteiger partial charge in [-0.1, -0.05) is 57.0 Å². The molecule has 1 nitrogen and oxygen atoms in total. The summed E-state index contributed by atoms with van der Waals surface area (Å²) in [6.45, 7) is 4.47. The standard InChI is InChI=1S/C16H24O/c1-12-8-10-15(11-9-12)16(17)13(2)14-6-4-3-5-7-14/h3-7,12-13,15-17H,8-11H2,1-2H3. The van der Waals surface area contributed by atoms with Gasteiger partial charge in [0.05, 0.1) is 6.10 Å². The molecule has 2 atom stereocenters. The molecule has 1 heteroatoms. The van der Waals surface area contributed by atoms with Gasteiger partial charge in [-0.15, -0.1) is 0 Å². The molecule has 1 aliphatic carbocycles. The first-order chi connectivity index (χ1) is 8.18. The second-order valence-corrected chi connectivity index (χ2v) is 5.71. The molecule has 0 radical (unpaired) electrons. The van der Waals surface area contributed by atoms with Gasteiger partial charge in [-0.3, -0.25) is 0 Å². The van der Waals surface area contributed by atoms with E-state index < -0.39 is 0 Å². The fourth-order valence-corrected chi connectivity index (χ4v) is 2.99. The summed E-state index contributed by atoms with van der Waals surface area (Å²) >= 11 is 0. The van der Waals surface area contributed by atoms with Crippen LogP contribution in [0.5, 0.6) is 0 Å². The van der Waals surface area contributed by atoms with E-state index in [9.17, 15) is 5.11 Å². The van der Waals surface area contributed by atoms with Crippen LogP contribution in [-0.2, 0) is 0 Å². The lowest BCUT2D eigenvalue weighted by Crippen LogP contribution is -2.29. The van der Waals surface area contributed by atoms with E-state index >= 15 is 0 Å². The smallest absolute Gasteiger partial charge is 0.0634 e. The number of aliphatic hydroxyl groups is 1. The zero-order chi connectivity index (χ0) is 12.3. The van der Waals surface area contributed by atoms with Crippen LogP contribution < -0.4 is 0 Å². The van der Waals surface area contributed by atoms with Crippen LogP contribution in [0.25, 0.3) is 0 Å². The fraction of sp³-hybridized carbons (Fsp3) is 0.625. The molecule has 0 spiro atoms. The van der Waals surface area contributed by atoms with E-state index in [1.54, 1.807) is 0 Å². The van der Waals surface area contributed by atoms with Crippen molar-refractivity contribution in [2.75, 3.05) is 0 Å². The highest BCUT2D eigenvalue weighted by Gasteiger charge is 2.28. The molecule has 0 aromatic heterocycles. The highest BCUT2D eigenvalue weighted by molar-refractivity contribution is 5.20. The van der Waals surface area contributed by atoms with Crippen molar-refractivity contribution in [3.63, 3.8) is 0 Å². The average molecular weight is 232 g/mol. The van der Waals surface area contributed by atoms with E-state index in [-0.39, 0.29) is 12.0 Å². The molecule has 1 N–H and O–H groups in total. The summed E-state index contributed by atoms with van der Waals surface area (Å²) in [6, 6.07) is 10.4. The molecule has 0 saturated heterocycles. The molecule has 1 aromatic rings. The van der Waals surface area contributed by atoms with Crippen molar-refractivity contribution in [3.05, 3.63) is 35.9 Å². The van der Waals surface area contributed by atoms with Gasteiger partial charge < -0.3 is 5.11 Å². The molecule has 1 aliphatic rings. The Kier molecular flexibility index (Phi) is 4.22. The van der Waals surface area contributed by atoms with Gasteiger partial charge >= 0.3 is 0 Å². The van der Waals surface area contributed by atoms with Gasteiger partial charge in [0.15, 0.2) is 0 Å². The minimum atomic E-state index is -0.176. The summed E-state index contributed by atoms with van der Waals surface area (Å²) in [5, 5.41) is 10.5. The van der Waals surface area contributed by atoms with Crippen molar-refractivity contribution >= 4 is 0 Å². The van der Waals surface area contributed by atoms with Gasteiger partial charge in [0.1, 0.15) is 0 Å². The zero-order valence-corrected chi connectivity index (χ0v) is 11.0.